The van der Waals surface area contributed by atoms with E-state index in [4.69, 9.17) is 0 Å². The van der Waals surface area contributed by atoms with Crippen LogP contribution in [0, 0.1) is 5.82 Å². The highest BCUT2D eigenvalue weighted by Gasteiger charge is 2.17. The molecule has 4 aromatic rings. The molecule has 0 aliphatic carbocycles. The SMILES string of the molecule is CCc1ccc([C@@H](CNC(=O)Cn2cnc3scc(-c4ccc(F)cc4)c3c2=O)N(C)C)cc1. The Balaban J connectivity index is 1.51. The van der Waals surface area contributed by atoms with Crippen LogP contribution in [0.15, 0.2) is 65.0 Å². The maximum Gasteiger partial charge on any atom is 0.263 e. The lowest BCUT2D eigenvalue weighted by molar-refractivity contribution is -0.121. The van der Waals surface area contributed by atoms with E-state index in [2.05, 4.69) is 46.4 Å². The van der Waals surface area contributed by atoms with Gasteiger partial charge in [0.2, 0.25) is 5.91 Å². The molecule has 34 heavy (non-hydrogen) atoms. The predicted octanol–water partition coefficient (Wildman–Crippen LogP) is 4.25. The van der Waals surface area contributed by atoms with E-state index in [0.717, 1.165) is 17.5 Å². The number of nitrogens with zero attached hydrogens (tertiary/aromatic N) is 3. The highest BCUT2D eigenvalue weighted by Crippen LogP contribution is 2.30. The van der Waals surface area contributed by atoms with Gasteiger partial charge in [-0.2, -0.15) is 0 Å². The van der Waals surface area contributed by atoms with Gasteiger partial charge in [0.25, 0.3) is 5.56 Å². The van der Waals surface area contributed by atoms with Crippen molar-refractivity contribution in [2.45, 2.75) is 25.9 Å². The van der Waals surface area contributed by atoms with Gasteiger partial charge in [0.1, 0.15) is 17.2 Å². The molecular weight excluding hydrogens is 451 g/mol. The van der Waals surface area contributed by atoms with Crippen molar-refractivity contribution in [2.24, 2.45) is 0 Å². The molecule has 1 N–H and O–H groups in total. The van der Waals surface area contributed by atoms with E-state index in [1.54, 1.807) is 12.1 Å². The lowest BCUT2D eigenvalue weighted by Crippen LogP contribution is -2.37. The highest BCUT2D eigenvalue weighted by atomic mass is 32.1. The van der Waals surface area contributed by atoms with E-state index in [0.29, 0.717) is 22.3 Å². The summed E-state index contributed by atoms with van der Waals surface area (Å²) in [5, 5.41) is 5.23. The fourth-order valence-corrected chi connectivity index (χ4v) is 4.82. The van der Waals surface area contributed by atoms with Crippen molar-refractivity contribution in [2.75, 3.05) is 20.6 Å². The van der Waals surface area contributed by atoms with E-state index in [-0.39, 0.29) is 29.9 Å². The number of thiophene rings is 1. The first-order valence-electron chi connectivity index (χ1n) is 11.1. The molecule has 176 valence electrons. The van der Waals surface area contributed by atoms with Gasteiger partial charge in [-0.1, -0.05) is 43.3 Å². The summed E-state index contributed by atoms with van der Waals surface area (Å²) in [5.41, 5.74) is 3.51. The summed E-state index contributed by atoms with van der Waals surface area (Å²) < 4.78 is 14.6. The van der Waals surface area contributed by atoms with Crippen molar-refractivity contribution in [1.82, 2.24) is 19.8 Å². The first kappa shape index (κ1) is 23.8. The number of nitrogens with one attached hydrogen (secondary N) is 1. The molecule has 6 nitrogen and oxygen atoms in total. The van der Waals surface area contributed by atoms with E-state index in [1.807, 2.05) is 19.5 Å². The Labute approximate surface area is 201 Å². The Hall–Kier alpha value is -3.36. The number of fused-ring (bicyclic) bond motifs is 1. The van der Waals surface area contributed by atoms with Crippen LogP contribution in [-0.2, 0) is 17.8 Å². The molecule has 0 aliphatic heterocycles. The highest BCUT2D eigenvalue weighted by molar-refractivity contribution is 7.17. The van der Waals surface area contributed by atoms with Crippen LogP contribution in [0.2, 0.25) is 0 Å². The number of halogens is 1. The van der Waals surface area contributed by atoms with Gasteiger partial charge >= 0.3 is 0 Å². The van der Waals surface area contributed by atoms with E-state index >= 15 is 0 Å². The standard InChI is InChI=1S/C26H27FN4O2S/c1-4-17-5-7-19(8-6-17)22(30(2)3)13-28-23(32)14-31-16-29-25-24(26(31)33)21(15-34-25)18-9-11-20(27)12-10-18/h5-12,15-16,22H,4,13-14H2,1-3H3,(H,28,32)/t22-/m1/s1. The van der Waals surface area contributed by atoms with E-state index in [9.17, 15) is 14.0 Å². The predicted molar refractivity (Wildman–Crippen MR) is 135 cm³/mol. The van der Waals surface area contributed by atoms with Crippen LogP contribution in [-0.4, -0.2) is 41.0 Å². The van der Waals surface area contributed by atoms with Gasteiger partial charge in [-0.05, 0) is 49.3 Å². The summed E-state index contributed by atoms with van der Waals surface area (Å²) in [5.74, 6) is -0.605. The van der Waals surface area contributed by atoms with Gasteiger partial charge in [-0.3, -0.25) is 14.2 Å². The molecule has 0 saturated heterocycles. The smallest absolute Gasteiger partial charge is 0.263 e. The van der Waals surface area contributed by atoms with Crippen molar-refractivity contribution >= 4 is 27.5 Å². The molecule has 0 saturated carbocycles. The minimum absolute atomic E-state index is 0.00846. The van der Waals surface area contributed by atoms with Gasteiger partial charge in [-0.15, -0.1) is 11.3 Å². The zero-order valence-electron chi connectivity index (χ0n) is 19.4. The number of amides is 1. The van der Waals surface area contributed by atoms with Crippen LogP contribution in [0.5, 0.6) is 0 Å². The molecule has 0 radical (unpaired) electrons. The Morgan fingerprint density at radius 2 is 1.85 bits per heavy atom. The zero-order valence-corrected chi connectivity index (χ0v) is 20.2. The second kappa shape index (κ2) is 10.3. The third-order valence-electron chi connectivity index (χ3n) is 5.92. The molecule has 1 amide bonds. The summed E-state index contributed by atoms with van der Waals surface area (Å²) >= 11 is 1.35. The van der Waals surface area contributed by atoms with Crippen molar-refractivity contribution in [3.8, 4) is 11.1 Å². The summed E-state index contributed by atoms with van der Waals surface area (Å²) in [6.07, 6.45) is 2.38. The number of likely N-dealkylation sites (N-methyl/N-ethyl adjacent to an activating group) is 1. The number of carbonyl (C=O) groups is 1. The maximum atomic E-state index is 13.3. The summed E-state index contributed by atoms with van der Waals surface area (Å²) in [6, 6.07) is 14.4. The van der Waals surface area contributed by atoms with Gasteiger partial charge in [0.05, 0.1) is 17.8 Å². The minimum Gasteiger partial charge on any atom is -0.353 e. The molecule has 0 spiro atoms. The molecule has 2 aromatic carbocycles. The molecule has 4 rings (SSSR count). The number of hydrogen-bond donors (Lipinski definition) is 1. The second-order valence-electron chi connectivity index (χ2n) is 8.39. The summed E-state index contributed by atoms with van der Waals surface area (Å²) in [4.78, 5) is 32.9. The maximum absolute atomic E-state index is 13.3. The fraction of sp³-hybridized carbons (Fsp3) is 0.269. The monoisotopic (exact) mass is 478 g/mol. The average molecular weight is 479 g/mol. The number of aromatic nitrogens is 2. The molecule has 2 aromatic heterocycles. The molecule has 1 atom stereocenters. The number of carbonyl (C=O) groups excluding carboxylic acids is 1. The molecule has 0 fully saturated rings. The number of benzene rings is 2. The summed E-state index contributed by atoms with van der Waals surface area (Å²) in [7, 11) is 3.95. The lowest BCUT2D eigenvalue weighted by atomic mass is 10.0. The molecular formula is C26H27FN4O2S. The number of aryl methyl sites for hydroxylation is 1. The van der Waals surface area contributed by atoms with Crippen molar-refractivity contribution in [1.29, 1.82) is 0 Å². The normalized spacial score (nSPS) is 12.3. The third kappa shape index (κ3) is 5.08. The van der Waals surface area contributed by atoms with Gasteiger partial charge in [-0.25, -0.2) is 9.37 Å². The van der Waals surface area contributed by atoms with Crippen LogP contribution in [0.25, 0.3) is 21.3 Å². The number of hydrogen-bond acceptors (Lipinski definition) is 5. The van der Waals surface area contributed by atoms with Gasteiger partial charge < -0.3 is 10.2 Å². The van der Waals surface area contributed by atoms with Crippen LogP contribution >= 0.6 is 11.3 Å². The number of rotatable bonds is 8. The third-order valence-corrected chi connectivity index (χ3v) is 6.80. The Morgan fingerprint density at radius 1 is 1.15 bits per heavy atom. The molecule has 2 heterocycles. The second-order valence-corrected chi connectivity index (χ2v) is 9.25. The lowest BCUT2D eigenvalue weighted by Gasteiger charge is -2.25. The van der Waals surface area contributed by atoms with Crippen LogP contribution < -0.4 is 10.9 Å². The Bertz CT molecular complexity index is 1340. The molecule has 0 aliphatic rings. The van der Waals surface area contributed by atoms with Crippen LogP contribution in [0.3, 0.4) is 0 Å². The summed E-state index contributed by atoms with van der Waals surface area (Å²) in [6.45, 7) is 2.40. The topological polar surface area (TPSA) is 67.2 Å². The zero-order chi connectivity index (χ0) is 24.2. The van der Waals surface area contributed by atoms with Crippen LogP contribution in [0.1, 0.15) is 24.1 Å². The van der Waals surface area contributed by atoms with E-state index in [1.165, 1.54) is 39.9 Å². The van der Waals surface area contributed by atoms with Crippen molar-refractivity contribution < 1.29 is 9.18 Å². The Kier molecular flexibility index (Phi) is 7.19. The van der Waals surface area contributed by atoms with Crippen molar-refractivity contribution in [3.63, 3.8) is 0 Å². The largest absolute Gasteiger partial charge is 0.353 e. The Morgan fingerprint density at radius 3 is 2.50 bits per heavy atom. The van der Waals surface area contributed by atoms with Gasteiger partial charge in [0, 0.05) is 17.5 Å². The average Bonchev–Trinajstić information content (AvgIpc) is 3.26. The van der Waals surface area contributed by atoms with Crippen LogP contribution in [0.4, 0.5) is 4.39 Å². The van der Waals surface area contributed by atoms with Gasteiger partial charge in [0.15, 0.2) is 0 Å². The minimum atomic E-state index is -0.340. The molecule has 8 heteroatoms. The van der Waals surface area contributed by atoms with E-state index < -0.39 is 0 Å². The fourth-order valence-electron chi connectivity index (χ4n) is 3.92. The van der Waals surface area contributed by atoms with Crippen molar-refractivity contribution in [3.05, 3.63) is 87.5 Å². The molecule has 0 unspecified atom stereocenters. The quantitative estimate of drug-likeness (QED) is 0.411. The first-order valence-corrected chi connectivity index (χ1v) is 12.0. The first-order chi connectivity index (χ1) is 16.4. The molecule has 0 bridgehead atoms.